The van der Waals surface area contributed by atoms with E-state index >= 15 is 0 Å². The number of amides is 1. The number of ether oxygens (including phenoxy) is 1. The summed E-state index contributed by atoms with van der Waals surface area (Å²) >= 11 is 0. The smallest absolute Gasteiger partial charge is 0.411 e. The van der Waals surface area contributed by atoms with Crippen LogP contribution in [0.15, 0.2) is 71.7 Å². The topological polar surface area (TPSA) is 97.7 Å². The summed E-state index contributed by atoms with van der Waals surface area (Å²) in [6, 6.07) is 16.8. The SMILES string of the molecule is C[C@@H](c1ccc(-c2ccc(=O)n(C)c2)cc1)N1CC[C@](CCCNS(C)(=O)=O)(c2ccc(F)cc2)OC1=O. The molecule has 1 aliphatic heterocycles. The van der Waals surface area contributed by atoms with E-state index in [4.69, 9.17) is 4.74 Å². The van der Waals surface area contributed by atoms with Gasteiger partial charge in [0, 0.05) is 38.8 Å². The zero-order valence-corrected chi connectivity index (χ0v) is 22.5. The van der Waals surface area contributed by atoms with Crippen molar-refractivity contribution in [3.05, 3.63) is 94.2 Å². The minimum Gasteiger partial charge on any atom is -0.438 e. The van der Waals surface area contributed by atoms with E-state index in [1.807, 2.05) is 31.2 Å². The Morgan fingerprint density at radius 3 is 2.29 bits per heavy atom. The van der Waals surface area contributed by atoms with Crippen LogP contribution in [0.3, 0.4) is 0 Å². The highest BCUT2D eigenvalue weighted by molar-refractivity contribution is 7.88. The van der Waals surface area contributed by atoms with E-state index in [9.17, 15) is 22.4 Å². The number of carbonyl (C=O) groups is 1. The van der Waals surface area contributed by atoms with Crippen molar-refractivity contribution in [2.75, 3.05) is 19.3 Å². The maximum Gasteiger partial charge on any atom is 0.411 e. The molecule has 1 aromatic heterocycles. The zero-order valence-electron chi connectivity index (χ0n) is 21.7. The summed E-state index contributed by atoms with van der Waals surface area (Å²) in [4.78, 5) is 26.7. The zero-order chi connectivity index (χ0) is 27.5. The van der Waals surface area contributed by atoms with Crippen molar-refractivity contribution in [2.24, 2.45) is 7.05 Å². The van der Waals surface area contributed by atoms with Gasteiger partial charge in [0.2, 0.25) is 15.6 Å². The van der Waals surface area contributed by atoms with Gasteiger partial charge < -0.3 is 14.2 Å². The molecule has 1 N–H and O–H groups in total. The first-order chi connectivity index (χ1) is 18.0. The van der Waals surface area contributed by atoms with E-state index < -0.39 is 21.7 Å². The molecule has 2 atom stereocenters. The summed E-state index contributed by atoms with van der Waals surface area (Å²) in [5.41, 5.74) is 2.43. The average molecular weight is 542 g/mol. The van der Waals surface area contributed by atoms with Crippen molar-refractivity contribution < 1.29 is 22.3 Å². The van der Waals surface area contributed by atoms with Crippen LogP contribution in [0, 0.1) is 5.82 Å². The number of aromatic nitrogens is 1. The van der Waals surface area contributed by atoms with E-state index in [0.29, 0.717) is 31.4 Å². The van der Waals surface area contributed by atoms with E-state index in [2.05, 4.69) is 4.72 Å². The molecule has 3 aromatic rings. The normalized spacial score (nSPS) is 18.7. The van der Waals surface area contributed by atoms with Crippen LogP contribution in [0.2, 0.25) is 0 Å². The largest absolute Gasteiger partial charge is 0.438 e. The van der Waals surface area contributed by atoms with Crippen LogP contribution in [0.25, 0.3) is 11.1 Å². The number of cyclic esters (lactones) is 1. The van der Waals surface area contributed by atoms with Gasteiger partial charge in [0.15, 0.2) is 0 Å². The number of halogens is 1. The number of aryl methyl sites for hydroxylation is 1. The molecule has 1 aliphatic rings. The Kier molecular flexibility index (Phi) is 8.03. The van der Waals surface area contributed by atoms with Gasteiger partial charge >= 0.3 is 6.09 Å². The fourth-order valence-electron chi connectivity index (χ4n) is 4.83. The molecule has 8 nitrogen and oxygen atoms in total. The third-order valence-electron chi connectivity index (χ3n) is 7.05. The van der Waals surface area contributed by atoms with E-state index in [1.165, 1.54) is 22.8 Å². The number of pyridine rings is 1. The maximum absolute atomic E-state index is 13.6. The molecule has 202 valence electrons. The molecule has 10 heteroatoms. The molecular formula is C28H32FN3O5S. The minimum atomic E-state index is -3.33. The van der Waals surface area contributed by atoms with Crippen molar-refractivity contribution in [3.8, 4) is 11.1 Å². The monoisotopic (exact) mass is 541 g/mol. The molecule has 2 heterocycles. The van der Waals surface area contributed by atoms with Crippen LogP contribution in [0.5, 0.6) is 0 Å². The number of sulfonamides is 1. The highest BCUT2D eigenvalue weighted by Crippen LogP contribution is 2.40. The molecule has 4 rings (SSSR count). The molecular weight excluding hydrogens is 509 g/mol. The second-order valence-corrected chi connectivity index (χ2v) is 11.6. The van der Waals surface area contributed by atoms with Crippen molar-refractivity contribution >= 4 is 16.1 Å². The Labute approximate surface area is 222 Å². The molecule has 0 unspecified atom stereocenters. The number of nitrogens with zero attached hydrogens (tertiary/aromatic N) is 2. The number of carbonyl (C=O) groups excluding carboxylic acids is 1. The quantitative estimate of drug-likeness (QED) is 0.407. The minimum absolute atomic E-state index is 0.0778. The molecule has 2 aromatic carbocycles. The Hall–Kier alpha value is -3.50. The molecule has 1 saturated heterocycles. The summed E-state index contributed by atoms with van der Waals surface area (Å²) < 4.78 is 46.6. The van der Waals surface area contributed by atoms with Crippen LogP contribution in [-0.2, 0) is 27.4 Å². The van der Waals surface area contributed by atoms with Gasteiger partial charge in [-0.05, 0) is 60.2 Å². The van der Waals surface area contributed by atoms with Gasteiger partial charge in [-0.25, -0.2) is 22.3 Å². The van der Waals surface area contributed by atoms with E-state index in [1.54, 1.807) is 36.3 Å². The highest BCUT2D eigenvalue weighted by atomic mass is 32.2. The van der Waals surface area contributed by atoms with E-state index in [-0.39, 0.29) is 24.0 Å². The molecule has 0 radical (unpaired) electrons. The summed E-state index contributed by atoms with van der Waals surface area (Å²) in [6.45, 7) is 2.56. The van der Waals surface area contributed by atoms with Crippen molar-refractivity contribution in [3.63, 3.8) is 0 Å². The van der Waals surface area contributed by atoms with Crippen LogP contribution in [0.1, 0.15) is 43.4 Å². The molecule has 0 bridgehead atoms. The van der Waals surface area contributed by atoms with Crippen LogP contribution in [-0.4, -0.2) is 43.3 Å². The summed E-state index contributed by atoms with van der Waals surface area (Å²) in [7, 11) is -1.63. The maximum atomic E-state index is 13.6. The Bertz CT molecular complexity index is 1460. The van der Waals surface area contributed by atoms with Crippen molar-refractivity contribution in [2.45, 2.75) is 37.8 Å². The second-order valence-electron chi connectivity index (χ2n) is 9.75. The van der Waals surface area contributed by atoms with E-state index in [0.717, 1.165) is 22.9 Å². The van der Waals surface area contributed by atoms with Gasteiger partial charge in [-0.15, -0.1) is 0 Å². The molecule has 1 fully saturated rings. The standard InChI is InChI=1S/C28H32FN3O5S/c1-20(21-5-7-22(8-6-21)23-9-14-26(33)31(2)19-23)32-18-16-28(37-27(32)34,15-4-17-30-38(3,35)36)24-10-12-25(29)13-11-24/h5-14,19-20,30H,4,15-18H2,1-3H3/t20-,28+/m0/s1. The highest BCUT2D eigenvalue weighted by Gasteiger charge is 2.43. The predicted molar refractivity (Wildman–Crippen MR) is 143 cm³/mol. The first-order valence-electron chi connectivity index (χ1n) is 12.4. The number of hydrogen-bond acceptors (Lipinski definition) is 5. The van der Waals surface area contributed by atoms with Gasteiger partial charge in [-0.2, -0.15) is 0 Å². The Morgan fingerprint density at radius 2 is 1.68 bits per heavy atom. The number of hydrogen-bond donors (Lipinski definition) is 1. The van der Waals surface area contributed by atoms with Crippen LogP contribution >= 0.6 is 0 Å². The van der Waals surface area contributed by atoms with Gasteiger partial charge in [-0.1, -0.05) is 36.4 Å². The number of rotatable bonds is 9. The Morgan fingerprint density at radius 1 is 1.03 bits per heavy atom. The average Bonchev–Trinajstić information content (AvgIpc) is 2.88. The predicted octanol–water partition coefficient (Wildman–Crippen LogP) is 4.32. The lowest BCUT2D eigenvalue weighted by Gasteiger charge is -2.43. The van der Waals surface area contributed by atoms with Crippen molar-refractivity contribution in [1.29, 1.82) is 0 Å². The van der Waals surface area contributed by atoms with Gasteiger partial charge in [-0.3, -0.25) is 4.79 Å². The third kappa shape index (κ3) is 6.31. The number of nitrogens with one attached hydrogen (secondary N) is 1. The lowest BCUT2D eigenvalue weighted by atomic mass is 9.84. The fraction of sp³-hybridized carbons (Fsp3) is 0.357. The molecule has 38 heavy (non-hydrogen) atoms. The molecule has 0 saturated carbocycles. The summed E-state index contributed by atoms with van der Waals surface area (Å²) in [5, 5.41) is 0. The molecule has 0 aliphatic carbocycles. The first kappa shape index (κ1) is 27.5. The third-order valence-corrected chi connectivity index (χ3v) is 7.77. The second kappa shape index (κ2) is 11.1. The summed E-state index contributed by atoms with van der Waals surface area (Å²) in [5.74, 6) is -0.388. The molecule has 1 amide bonds. The van der Waals surface area contributed by atoms with Gasteiger partial charge in [0.25, 0.3) is 0 Å². The van der Waals surface area contributed by atoms with Crippen LogP contribution in [0.4, 0.5) is 9.18 Å². The molecule has 0 spiro atoms. The lowest BCUT2D eigenvalue weighted by molar-refractivity contribution is -0.0662. The summed E-state index contributed by atoms with van der Waals surface area (Å²) in [6.07, 6.45) is 3.71. The number of benzene rings is 2. The van der Waals surface area contributed by atoms with Crippen LogP contribution < -0.4 is 10.3 Å². The first-order valence-corrected chi connectivity index (χ1v) is 14.3. The Balaban J connectivity index is 1.50. The van der Waals surface area contributed by atoms with Crippen molar-refractivity contribution in [1.82, 2.24) is 14.2 Å². The van der Waals surface area contributed by atoms with Gasteiger partial charge in [0.05, 0.1) is 12.3 Å². The lowest BCUT2D eigenvalue weighted by Crippen LogP contribution is -2.49. The fourth-order valence-corrected chi connectivity index (χ4v) is 5.34. The van der Waals surface area contributed by atoms with Gasteiger partial charge in [0.1, 0.15) is 11.4 Å².